The molecular weight excluding hydrogens is 597 g/mol. The third kappa shape index (κ3) is 6.63. The van der Waals surface area contributed by atoms with Gasteiger partial charge < -0.3 is 19.9 Å². The Balaban J connectivity index is 1.21. The molecule has 0 spiro atoms. The third-order valence-corrected chi connectivity index (χ3v) is 8.82. The van der Waals surface area contributed by atoms with Crippen LogP contribution in [0.3, 0.4) is 0 Å². The Morgan fingerprint density at radius 3 is 2.33 bits per heavy atom. The number of hydrogen-bond donors (Lipinski definition) is 1. The van der Waals surface area contributed by atoms with Crippen molar-refractivity contribution in [3.05, 3.63) is 65.4 Å². The lowest BCUT2D eigenvalue weighted by atomic mass is 10.0. The van der Waals surface area contributed by atoms with Crippen molar-refractivity contribution >= 4 is 23.1 Å². The van der Waals surface area contributed by atoms with Gasteiger partial charge in [-0.1, -0.05) is 6.07 Å². The van der Waals surface area contributed by atoms with Gasteiger partial charge >= 0.3 is 6.18 Å². The van der Waals surface area contributed by atoms with Gasteiger partial charge in [-0.15, -0.1) is 0 Å². The predicted octanol–water partition coefficient (Wildman–Crippen LogP) is 5.63. The Morgan fingerprint density at radius 1 is 0.956 bits per heavy atom. The van der Waals surface area contributed by atoms with Crippen LogP contribution in [0.15, 0.2) is 42.6 Å². The highest BCUT2D eigenvalue weighted by Gasteiger charge is 2.42. The minimum atomic E-state index is -4.85. The lowest BCUT2D eigenvalue weighted by molar-refractivity contribution is -0.138. The van der Waals surface area contributed by atoms with E-state index in [1.54, 1.807) is 19.2 Å². The van der Waals surface area contributed by atoms with Gasteiger partial charge in [-0.3, -0.25) is 9.74 Å². The molecule has 3 saturated heterocycles. The molecule has 0 radical (unpaired) electrons. The van der Waals surface area contributed by atoms with Gasteiger partial charge in [0, 0.05) is 75.2 Å². The van der Waals surface area contributed by atoms with Crippen molar-refractivity contribution in [2.45, 2.75) is 37.5 Å². The molecule has 3 fully saturated rings. The number of methoxy groups -OCH3 is 1. The zero-order chi connectivity index (χ0) is 31.7. The summed E-state index contributed by atoms with van der Waals surface area (Å²) in [5.74, 6) is -1.96. The van der Waals surface area contributed by atoms with Gasteiger partial charge in [-0.25, -0.2) is 18.8 Å². The molecule has 6 rings (SSSR count). The first-order chi connectivity index (χ1) is 21.6. The number of aromatic nitrogens is 2. The second-order valence-electron chi connectivity index (χ2n) is 11.6. The van der Waals surface area contributed by atoms with Crippen LogP contribution >= 0.6 is 0 Å². The third-order valence-electron chi connectivity index (χ3n) is 8.82. The Hall–Kier alpha value is -3.75. The minimum absolute atomic E-state index is 0.0478. The van der Waals surface area contributed by atoms with Crippen molar-refractivity contribution in [3.8, 4) is 5.75 Å². The quantitative estimate of drug-likeness (QED) is 0.334. The summed E-state index contributed by atoms with van der Waals surface area (Å²) in [4.78, 5) is 20.7. The molecule has 1 atom stereocenters. The number of anilines is 4. The average molecular weight is 634 g/mol. The van der Waals surface area contributed by atoms with Crippen molar-refractivity contribution in [2.24, 2.45) is 0 Å². The van der Waals surface area contributed by atoms with Crippen LogP contribution in [0.2, 0.25) is 0 Å². The summed E-state index contributed by atoms with van der Waals surface area (Å²) in [6.45, 7) is 6.06. The number of hydrogen-bond acceptors (Lipinski definition) is 9. The molecule has 0 saturated carbocycles. The van der Waals surface area contributed by atoms with Crippen molar-refractivity contribution in [2.75, 3.05) is 75.3 Å². The highest BCUT2D eigenvalue weighted by atomic mass is 19.4. The molecule has 3 aromatic rings. The Bertz CT molecular complexity index is 1470. The number of hydroxylamine groups is 1. The fourth-order valence-corrected chi connectivity index (χ4v) is 6.38. The molecule has 0 aliphatic carbocycles. The van der Waals surface area contributed by atoms with E-state index >= 15 is 0 Å². The first-order valence-electron chi connectivity index (χ1n) is 15.0. The van der Waals surface area contributed by atoms with Crippen LogP contribution in [-0.2, 0) is 11.0 Å². The molecule has 2 aromatic carbocycles. The van der Waals surface area contributed by atoms with Gasteiger partial charge in [0.2, 0.25) is 5.95 Å². The molecule has 3 aliphatic rings. The largest absolute Gasteiger partial charge is 0.495 e. The van der Waals surface area contributed by atoms with E-state index in [0.29, 0.717) is 23.7 Å². The van der Waals surface area contributed by atoms with Crippen LogP contribution in [0.5, 0.6) is 5.75 Å². The zero-order valence-corrected chi connectivity index (χ0v) is 25.2. The lowest BCUT2D eigenvalue weighted by Gasteiger charge is -2.42. The smallest absolute Gasteiger partial charge is 0.421 e. The number of rotatable bonds is 7. The van der Waals surface area contributed by atoms with Gasteiger partial charge in [-0.2, -0.15) is 18.2 Å². The maximum absolute atomic E-state index is 14.6. The molecule has 1 N–H and O–H groups in total. The first kappa shape index (κ1) is 31.2. The number of piperazine rings is 1. The van der Waals surface area contributed by atoms with Crippen molar-refractivity contribution in [1.82, 2.24) is 19.8 Å². The number of nitrogens with zero attached hydrogens (tertiary/aromatic N) is 6. The molecule has 242 valence electrons. The molecular formula is C31H36F5N7O2. The summed E-state index contributed by atoms with van der Waals surface area (Å²) < 4.78 is 77.2. The van der Waals surface area contributed by atoms with E-state index in [-0.39, 0.29) is 24.5 Å². The lowest BCUT2D eigenvalue weighted by Crippen LogP contribution is -2.52. The van der Waals surface area contributed by atoms with Gasteiger partial charge in [0.25, 0.3) is 0 Å². The van der Waals surface area contributed by atoms with Gasteiger partial charge in [0.1, 0.15) is 22.9 Å². The molecule has 0 amide bonds. The van der Waals surface area contributed by atoms with E-state index < -0.39 is 35.2 Å². The summed E-state index contributed by atoms with van der Waals surface area (Å²) in [5, 5.41) is 3.78. The number of likely N-dealkylation sites (N-methyl/N-ethyl adjacent to an activating group) is 1. The van der Waals surface area contributed by atoms with Crippen LogP contribution in [0, 0.1) is 11.6 Å². The Morgan fingerprint density at radius 2 is 1.67 bits per heavy atom. The predicted molar refractivity (Wildman–Crippen MR) is 160 cm³/mol. The van der Waals surface area contributed by atoms with E-state index in [1.165, 1.54) is 6.07 Å². The van der Waals surface area contributed by atoms with E-state index in [2.05, 4.69) is 37.0 Å². The standard InChI is InChI=1S/C31H36F5N7O2/c1-40-13-15-41(16-14-40)21-8-11-42(12-9-21)25-7-6-20(18-27(25)44-2)38-30-37-19-22(31(34,35)36)29(39-30)43-26(10-17-45-43)28-23(32)4-3-5-24(28)33/h3-7,18-19,21,26H,8-17H2,1-2H3,(H,37,38,39)/t26-/m0/s1. The van der Waals surface area contributed by atoms with Gasteiger partial charge in [0.05, 0.1) is 25.4 Å². The summed E-state index contributed by atoms with van der Waals surface area (Å²) in [7, 11) is 3.72. The van der Waals surface area contributed by atoms with E-state index in [4.69, 9.17) is 9.57 Å². The number of benzene rings is 2. The molecule has 4 heterocycles. The fraction of sp³-hybridized carbons (Fsp3) is 0.484. The molecule has 1 aromatic heterocycles. The summed E-state index contributed by atoms with van der Waals surface area (Å²) >= 11 is 0. The van der Waals surface area contributed by atoms with E-state index in [9.17, 15) is 22.0 Å². The topological polar surface area (TPSA) is 69.2 Å². The number of ether oxygens (including phenoxy) is 1. The molecule has 3 aliphatic heterocycles. The number of halogens is 5. The highest BCUT2D eigenvalue weighted by molar-refractivity contribution is 5.68. The molecule has 0 unspecified atom stereocenters. The molecule has 9 nitrogen and oxygen atoms in total. The molecule has 14 heteroatoms. The molecule has 45 heavy (non-hydrogen) atoms. The van der Waals surface area contributed by atoms with Crippen LogP contribution in [0.25, 0.3) is 0 Å². The second kappa shape index (κ2) is 12.9. The van der Waals surface area contributed by atoms with Crippen molar-refractivity contribution < 1.29 is 31.5 Å². The summed E-state index contributed by atoms with van der Waals surface area (Å²) in [6.07, 6.45) is -2.05. The summed E-state index contributed by atoms with van der Waals surface area (Å²) in [5.41, 5.74) is -0.157. The Labute approximate surface area is 258 Å². The van der Waals surface area contributed by atoms with Gasteiger partial charge in [-0.05, 0) is 44.2 Å². The minimum Gasteiger partial charge on any atom is -0.495 e. The number of alkyl halides is 3. The average Bonchev–Trinajstić information content (AvgIpc) is 3.50. The van der Waals surface area contributed by atoms with E-state index in [1.807, 2.05) is 6.07 Å². The monoisotopic (exact) mass is 633 g/mol. The number of piperidine rings is 1. The second-order valence-corrected chi connectivity index (χ2v) is 11.6. The van der Waals surface area contributed by atoms with Crippen molar-refractivity contribution in [3.63, 3.8) is 0 Å². The maximum Gasteiger partial charge on any atom is 0.421 e. The number of nitrogens with one attached hydrogen (secondary N) is 1. The van der Waals surface area contributed by atoms with Crippen LogP contribution in [0.1, 0.15) is 36.4 Å². The SMILES string of the molecule is COc1cc(Nc2ncc(C(F)(F)F)c(N3OCC[C@H]3c3c(F)cccc3F)n2)ccc1N1CCC(N2CCN(C)CC2)CC1. The molecule has 0 bridgehead atoms. The summed E-state index contributed by atoms with van der Waals surface area (Å²) in [6, 6.07) is 8.14. The normalized spacial score (nSPS) is 20.6. The Kier molecular flexibility index (Phi) is 8.98. The van der Waals surface area contributed by atoms with E-state index in [0.717, 1.165) is 75.0 Å². The highest BCUT2D eigenvalue weighted by Crippen LogP contribution is 2.43. The maximum atomic E-state index is 14.6. The van der Waals surface area contributed by atoms with Crippen LogP contribution in [0.4, 0.5) is 45.1 Å². The van der Waals surface area contributed by atoms with Crippen molar-refractivity contribution in [1.29, 1.82) is 0 Å². The van der Waals surface area contributed by atoms with Gasteiger partial charge in [0.15, 0.2) is 5.82 Å². The first-order valence-corrected chi connectivity index (χ1v) is 15.0. The van der Waals surface area contributed by atoms with Crippen LogP contribution in [-0.4, -0.2) is 85.8 Å². The van der Waals surface area contributed by atoms with Crippen LogP contribution < -0.4 is 20.0 Å². The fourth-order valence-electron chi connectivity index (χ4n) is 6.38. The zero-order valence-electron chi connectivity index (χ0n) is 25.2.